The van der Waals surface area contributed by atoms with Crippen molar-refractivity contribution in [3.8, 4) is 11.4 Å². The number of carbonyl (C=O) groups is 2. The normalized spacial score (nSPS) is 12.4. The lowest BCUT2D eigenvalue weighted by molar-refractivity contribution is -0.0885. The first-order valence-electron chi connectivity index (χ1n) is 8.42. The largest absolute Gasteiger partial charge is 0.454 e. The molecular weight excluding hydrogens is 410 g/mol. The van der Waals surface area contributed by atoms with Gasteiger partial charge in [0.05, 0.1) is 6.61 Å². The van der Waals surface area contributed by atoms with Crippen molar-refractivity contribution in [1.82, 2.24) is 15.5 Å². The molecule has 0 radical (unpaired) electrons. The first-order chi connectivity index (χ1) is 14.2. The number of hydrogen-bond acceptors (Lipinski definition) is 6. The van der Waals surface area contributed by atoms with Gasteiger partial charge in [-0.1, -0.05) is 29.4 Å². The smallest absolute Gasteiger partial charge is 0.394 e. The summed E-state index contributed by atoms with van der Waals surface area (Å²) >= 11 is 0. The van der Waals surface area contributed by atoms with E-state index >= 15 is 0 Å². The summed E-state index contributed by atoms with van der Waals surface area (Å²) in [5, 5.41) is 15.6. The van der Waals surface area contributed by atoms with Gasteiger partial charge in [-0.3, -0.25) is 9.59 Å². The lowest BCUT2D eigenvalue weighted by Gasteiger charge is -2.12. The fraction of sp³-hybridized carbons (Fsp3) is 0.158. The summed E-state index contributed by atoms with van der Waals surface area (Å²) < 4.78 is 55.4. The second-order valence-corrected chi connectivity index (χ2v) is 6.08. The van der Waals surface area contributed by atoms with E-state index in [2.05, 4.69) is 15.5 Å². The molecule has 1 heterocycles. The summed E-state index contributed by atoms with van der Waals surface area (Å²) in [6.45, 7) is -0.590. The van der Waals surface area contributed by atoms with Crippen LogP contribution in [0.25, 0.3) is 11.4 Å². The Morgan fingerprint density at radius 2 is 1.63 bits per heavy atom. The van der Waals surface area contributed by atoms with E-state index < -0.39 is 41.9 Å². The minimum Gasteiger partial charge on any atom is -0.394 e. The summed E-state index contributed by atoms with van der Waals surface area (Å²) in [6.07, 6.45) is -4.99. The highest BCUT2D eigenvalue weighted by Crippen LogP contribution is 2.24. The molecule has 2 aromatic carbocycles. The Labute approximate surface area is 166 Å². The fourth-order valence-electron chi connectivity index (χ4n) is 2.46. The molecule has 30 heavy (non-hydrogen) atoms. The lowest BCUT2D eigenvalue weighted by atomic mass is 10.1. The number of Topliss-reactive ketones (excluding diaryl/α,β-unsaturated/α-hetero) is 1. The predicted octanol–water partition coefficient (Wildman–Crippen LogP) is 3.08. The number of ketones is 1. The van der Waals surface area contributed by atoms with Crippen LogP contribution in [0.5, 0.6) is 0 Å². The average molecular weight is 423 g/mol. The molecule has 0 saturated carbocycles. The number of carbonyl (C=O) groups excluding carboxylic acids is 2. The van der Waals surface area contributed by atoms with Gasteiger partial charge >= 0.3 is 6.18 Å². The van der Waals surface area contributed by atoms with Gasteiger partial charge in [0, 0.05) is 16.7 Å². The van der Waals surface area contributed by atoms with E-state index in [1.807, 2.05) is 0 Å². The van der Waals surface area contributed by atoms with Gasteiger partial charge in [-0.2, -0.15) is 18.2 Å². The molecule has 3 aromatic rings. The Hall–Kier alpha value is -3.60. The first-order valence-corrected chi connectivity index (χ1v) is 8.42. The maximum atomic E-state index is 13.0. The van der Waals surface area contributed by atoms with Crippen molar-refractivity contribution in [2.75, 3.05) is 6.61 Å². The third-order valence-corrected chi connectivity index (χ3v) is 4.00. The molecule has 0 saturated heterocycles. The quantitative estimate of drug-likeness (QED) is 0.466. The van der Waals surface area contributed by atoms with Gasteiger partial charge in [0.15, 0.2) is 0 Å². The average Bonchev–Trinajstić information content (AvgIpc) is 3.21. The predicted molar refractivity (Wildman–Crippen MR) is 93.8 cm³/mol. The van der Waals surface area contributed by atoms with Gasteiger partial charge in [-0.15, -0.1) is 0 Å². The van der Waals surface area contributed by atoms with Crippen LogP contribution in [0.2, 0.25) is 0 Å². The van der Waals surface area contributed by atoms with Crippen molar-refractivity contribution in [3.05, 3.63) is 71.4 Å². The molecular formula is C19H13F4N3O4. The van der Waals surface area contributed by atoms with Crippen LogP contribution >= 0.6 is 0 Å². The molecule has 156 valence electrons. The van der Waals surface area contributed by atoms with Crippen molar-refractivity contribution in [2.45, 2.75) is 12.2 Å². The van der Waals surface area contributed by atoms with Crippen LogP contribution in [0, 0.1) is 5.82 Å². The van der Waals surface area contributed by atoms with Crippen molar-refractivity contribution in [2.24, 2.45) is 0 Å². The number of rotatable bonds is 6. The van der Waals surface area contributed by atoms with Crippen molar-refractivity contribution in [1.29, 1.82) is 0 Å². The van der Waals surface area contributed by atoms with Gasteiger partial charge in [0.1, 0.15) is 11.9 Å². The zero-order valence-corrected chi connectivity index (χ0v) is 15.0. The van der Waals surface area contributed by atoms with Gasteiger partial charge in [0.25, 0.3) is 17.6 Å². The molecule has 0 unspecified atom stereocenters. The molecule has 7 nitrogen and oxygen atoms in total. The number of nitrogens with zero attached hydrogens (tertiary/aromatic N) is 2. The van der Waals surface area contributed by atoms with E-state index in [-0.39, 0.29) is 22.8 Å². The van der Waals surface area contributed by atoms with Crippen LogP contribution in [0.15, 0.2) is 53.1 Å². The monoisotopic (exact) mass is 423 g/mol. The number of hydrogen-bond donors (Lipinski definition) is 2. The van der Waals surface area contributed by atoms with Crippen LogP contribution in [-0.2, 0) is 0 Å². The SMILES string of the molecule is O=C(N[C@@H](CO)c1nc(-c2ccc(C(=O)C(F)(F)F)cc2)no1)c1ccc(F)cc1. The summed E-state index contributed by atoms with van der Waals surface area (Å²) in [5.74, 6) is -3.30. The van der Waals surface area contributed by atoms with Crippen molar-refractivity contribution in [3.63, 3.8) is 0 Å². The zero-order valence-electron chi connectivity index (χ0n) is 15.0. The molecule has 1 atom stereocenters. The van der Waals surface area contributed by atoms with Gasteiger partial charge in [-0.05, 0) is 24.3 Å². The molecule has 0 bridgehead atoms. The van der Waals surface area contributed by atoms with E-state index in [1.54, 1.807) is 0 Å². The highest BCUT2D eigenvalue weighted by atomic mass is 19.4. The summed E-state index contributed by atoms with van der Waals surface area (Å²) in [5.41, 5.74) is -0.153. The van der Waals surface area contributed by atoms with E-state index in [4.69, 9.17) is 4.52 Å². The van der Waals surface area contributed by atoms with Crippen LogP contribution in [0.3, 0.4) is 0 Å². The number of halogens is 4. The Bertz CT molecular complexity index is 1050. The molecule has 1 aromatic heterocycles. The highest BCUT2D eigenvalue weighted by Gasteiger charge is 2.39. The number of aliphatic hydroxyl groups excluding tert-OH is 1. The van der Waals surface area contributed by atoms with E-state index in [0.29, 0.717) is 0 Å². The first kappa shape index (κ1) is 21.1. The highest BCUT2D eigenvalue weighted by molar-refractivity contribution is 6.00. The maximum Gasteiger partial charge on any atom is 0.454 e. The second-order valence-electron chi connectivity index (χ2n) is 6.08. The number of alkyl halides is 3. The van der Waals surface area contributed by atoms with E-state index in [9.17, 15) is 32.3 Å². The Morgan fingerprint density at radius 1 is 1.03 bits per heavy atom. The summed E-state index contributed by atoms with van der Waals surface area (Å²) in [7, 11) is 0. The molecule has 0 aliphatic heterocycles. The van der Waals surface area contributed by atoms with Gasteiger partial charge in [-0.25, -0.2) is 4.39 Å². The second kappa shape index (κ2) is 8.41. The Kier molecular flexibility index (Phi) is 5.92. The van der Waals surface area contributed by atoms with Crippen LogP contribution in [0.4, 0.5) is 17.6 Å². The number of aromatic nitrogens is 2. The van der Waals surface area contributed by atoms with E-state index in [1.165, 1.54) is 24.3 Å². The minimum atomic E-state index is -4.99. The number of nitrogens with one attached hydrogen (secondary N) is 1. The molecule has 0 spiro atoms. The fourth-order valence-corrected chi connectivity index (χ4v) is 2.46. The molecule has 2 N–H and O–H groups in total. The molecule has 0 fully saturated rings. The molecule has 3 rings (SSSR count). The Morgan fingerprint density at radius 3 is 2.20 bits per heavy atom. The third kappa shape index (κ3) is 4.69. The van der Waals surface area contributed by atoms with E-state index in [0.717, 1.165) is 24.3 Å². The Balaban J connectivity index is 1.74. The van der Waals surface area contributed by atoms with Gasteiger partial charge in [0.2, 0.25) is 5.82 Å². The maximum absolute atomic E-state index is 13.0. The molecule has 11 heteroatoms. The lowest BCUT2D eigenvalue weighted by Crippen LogP contribution is -2.31. The van der Waals surface area contributed by atoms with Crippen LogP contribution in [0.1, 0.15) is 32.6 Å². The number of aliphatic hydroxyl groups is 1. The zero-order chi connectivity index (χ0) is 21.9. The standard InChI is InChI=1S/C19H13F4N3O4/c20-13-7-5-12(6-8-13)17(29)24-14(9-27)18-25-16(26-30-18)11-3-1-10(2-4-11)15(28)19(21,22)23/h1-8,14,27H,9H2,(H,24,29)/t14-/m0/s1. The van der Waals surface area contributed by atoms with Crippen molar-refractivity contribution < 1.29 is 36.8 Å². The van der Waals surface area contributed by atoms with Gasteiger partial charge < -0.3 is 14.9 Å². The van der Waals surface area contributed by atoms with Crippen LogP contribution < -0.4 is 5.32 Å². The molecule has 1 amide bonds. The summed E-state index contributed by atoms with van der Waals surface area (Å²) in [4.78, 5) is 27.4. The third-order valence-electron chi connectivity index (χ3n) is 4.00. The minimum absolute atomic E-state index is 0.0227. The topological polar surface area (TPSA) is 105 Å². The number of benzene rings is 2. The number of amides is 1. The molecule has 0 aliphatic rings. The van der Waals surface area contributed by atoms with Crippen molar-refractivity contribution >= 4 is 11.7 Å². The summed E-state index contributed by atoms with van der Waals surface area (Å²) in [6, 6.07) is 7.99. The molecule has 0 aliphatic carbocycles. The van der Waals surface area contributed by atoms with Crippen LogP contribution in [-0.4, -0.2) is 39.7 Å².